The molecule has 0 radical (unpaired) electrons. The molecule has 2 saturated carbocycles. The lowest BCUT2D eigenvalue weighted by atomic mass is 9.79. The molecule has 0 saturated heterocycles. The average molecular weight is 587 g/mol. The SMILES string of the molecule is Cc1cc2ccc(OC3CC(NC(C)(C)CCC(C)(C)c4cc5cc(OC6CC(NC(C)(C)C)C6)ccc5o4)C3)cc2o1. The van der Waals surface area contributed by atoms with Gasteiger partial charge in [0.1, 0.15) is 46.4 Å². The highest BCUT2D eigenvalue weighted by Crippen LogP contribution is 2.37. The van der Waals surface area contributed by atoms with E-state index in [2.05, 4.69) is 89.4 Å². The zero-order valence-corrected chi connectivity index (χ0v) is 27.3. The number of fused-ring (bicyclic) bond motifs is 2. The van der Waals surface area contributed by atoms with Crippen molar-refractivity contribution >= 4 is 21.9 Å². The van der Waals surface area contributed by atoms with Gasteiger partial charge in [0.15, 0.2) is 0 Å². The van der Waals surface area contributed by atoms with Crippen LogP contribution in [0, 0.1) is 6.92 Å². The van der Waals surface area contributed by atoms with E-state index in [0.29, 0.717) is 12.1 Å². The van der Waals surface area contributed by atoms with Crippen LogP contribution >= 0.6 is 0 Å². The zero-order valence-electron chi connectivity index (χ0n) is 27.3. The second-order valence-electron chi connectivity index (χ2n) is 15.5. The Kier molecular flexibility index (Phi) is 7.83. The lowest BCUT2D eigenvalue weighted by molar-refractivity contribution is 0.0689. The van der Waals surface area contributed by atoms with Crippen LogP contribution in [0.4, 0.5) is 0 Å². The standard InChI is InChI=1S/C37H50N2O4/c1-23-15-24-9-10-29(22-33(24)40-23)42-31-20-27(21-31)39-37(7,8)14-13-36(5,6)34-17-25-16-28(11-12-32(25)43-34)41-30-18-26(19-30)38-35(2,3)4/h9-12,15-17,22,26-27,30-31,38-39H,13-14,18-21H2,1-8H3. The molecule has 6 heteroatoms. The van der Waals surface area contributed by atoms with E-state index in [1.165, 1.54) is 0 Å². The van der Waals surface area contributed by atoms with E-state index in [4.69, 9.17) is 18.3 Å². The highest BCUT2D eigenvalue weighted by molar-refractivity contribution is 5.80. The Balaban J connectivity index is 0.975. The predicted octanol–water partition coefficient (Wildman–Crippen LogP) is 8.82. The van der Waals surface area contributed by atoms with Crippen molar-refractivity contribution in [1.29, 1.82) is 0 Å². The molecular weight excluding hydrogens is 536 g/mol. The van der Waals surface area contributed by atoms with E-state index in [1.807, 2.05) is 25.1 Å². The van der Waals surface area contributed by atoms with Crippen LogP contribution in [-0.2, 0) is 5.41 Å². The third kappa shape index (κ3) is 7.24. The lowest BCUT2D eigenvalue weighted by Gasteiger charge is -2.42. The van der Waals surface area contributed by atoms with Crippen molar-refractivity contribution in [3.63, 3.8) is 0 Å². The molecule has 2 aliphatic carbocycles. The molecule has 0 atom stereocenters. The molecule has 2 aliphatic rings. The number of hydrogen-bond donors (Lipinski definition) is 2. The van der Waals surface area contributed by atoms with E-state index in [-0.39, 0.29) is 28.7 Å². The molecule has 43 heavy (non-hydrogen) atoms. The summed E-state index contributed by atoms with van der Waals surface area (Å²) in [6.07, 6.45) is 6.74. The Labute approximate surface area is 256 Å². The molecule has 2 fully saturated rings. The number of benzene rings is 2. The molecule has 0 aliphatic heterocycles. The summed E-state index contributed by atoms with van der Waals surface area (Å²) < 4.78 is 24.7. The largest absolute Gasteiger partial charge is 0.490 e. The molecule has 2 aromatic carbocycles. The van der Waals surface area contributed by atoms with Gasteiger partial charge in [0.05, 0.1) is 0 Å². The Morgan fingerprint density at radius 2 is 1.30 bits per heavy atom. The first-order chi connectivity index (χ1) is 20.2. The van der Waals surface area contributed by atoms with Crippen LogP contribution < -0.4 is 20.1 Å². The molecular formula is C37H50N2O4. The van der Waals surface area contributed by atoms with Crippen molar-refractivity contribution in [2.75, 3.05) is 0 Å². The third-order valence-corrected chi connectivity index (χ3v) is 9.17. The topological polar surface area (TPSA) is 68.8 Å². The second-order valence-corrected chi connectivity index (χ2v) is 15.5. The highest BCUT2D eigenvalue weighted by Gasteiger charge is 2.36. The van der Waals surface area contributed by atoms with Crippen LogP contribution in [0.1, 0.15) is 98.5 Å². The summed E-state index contributed by atoms with van der Waals surface area (Å²) >= 11 is 0. The molecule has 6 rings (SSSR count). The minimum Gasteiger partial charge on any atom is -0.490 e. The second kappa shape index (κ2) is 11.2. The molecule has 2 heterocycles. The normalized spacial score (nSPS) is 22.9. The molecule has 0 spiro atoms. The van der Waals surface area contributed by atoms with Crippen LogP contribution in [0.2, 0.25) is 0 Å². The predicted molar refractivity (Wildman–Crippen MR) is 174 cm³/mol. The maximum Gasteiger partial charge on any atom is 0.137 e. The first-order valence-corrected chi connectivity index (χ1v) is 16.1. The molecule has 4 aromatic rings. The maximum absolute atomic E-state index is 6.37. The lowest BCUT2D eigenvalue weighted by Crippen LogP contribution is -2.54. The average Bonchev–Trinajstić information content (AvgIpc) is 3.47. The van der Waals surface area contributed by atoms with E-state index < -0.39 is 0 Å². The number of aryl methyl sites for hydroxylation is 1. The van der Waals surface area contributed by atoms with Gasteiger partial charge in [-0.1, -0.05) is 13.8 Å². The fourth-order valence-electron chi connectivity index (χ4n) is 6.58. The molecule has 232 valence electrons. The Morgan fingerprint density at radius 3 is 1.98 bits per heavy atom. The van der Waals surface area contributed by atoms with Crippen LogP contribution in [-0.4, -0.2) is 35.4 Å². The monoisotopic (exact) mass is 586 g/mol. The van der Waals surface area contributed by atoms with Crippen molar-refractivity contribution < 1.29 is 18.3 Å². The van der Waals surface area contributed by atoms with E-state index in [0.717, 1.165) is 83.5 Å². The Bertz CT molecular complexity index is 1560. The maximum atomic E-state index is 6.37. The first-order valence-electron chi connectivity index (χ1n) is 16.1. The first kappa shape index (κ1) is 30.1. The highest BCUT2D eigenvalue weighted by atomic mass is 16.5. The smallest absolute Gasteiger partial charge is 0.137 e. The van der Waals surface area contributed by atoms with Crippen molar-refractivity contribution in [3.05, 3.63) is 60.1 Å². The van der Waals surface area contributed by atoms with Crippen LogP contribution in [0.25, 0.3) is 21.9 Å². The number of hydrogen-bond acceptors (Lipinski definition) is 6. The number of ether oxygens (including phenoxy) is 2. The molecule has 6 nitrogen and oxygen atoms in total. The van der Waals surface area contributed by atoms with E-state index >= 15 is 0 Å². The van der Waals surface area contributed by atoms with Gasteiger partial charge in [0, 0.05) is 45.4 Å². The van der Waals surface area contributed by atoms with Gasteiger partial charge in [-0.15, -0.1) is 0 Å². The fourth-order valence-corrected chi connectivity index (χ4v) is 6.58. The van der Waals surface area contributed by atoms with Crippen molar-refractivity contribution in [2.24, 2.45) is 0 Å². The van der Waals surface area contributed by atoms with Crippen molar-refractivity contribution in [3.8, 4) is 11.5 Å². The third-order valence-electron chi connectivity index (χ3n) is 9.17. The van der Waals surface area contributed by atoms with Crippen LogP contribution in [0.5, 0.6) is 11.5 Å². The molecule has 2 N–H and O–H groups in total. The zero-order chi connectivity index (χ0) is 30.6. The summed E-state index contributed by atoms with van der Waals surface area (Å²) in [7, 11) is 0. The van der Waals surface area contributed by atoms with Gasteiger partial charge in [-0.2, -0.15) is 0 Å². The minimum absolute atomic E-state index is 0.0209. The molecule has 2 aromatic heterocycles. The van der Waals surface area contributed by atoms with Crippen molar-refractivity contribution in [1.82, 2.24) is 10.6 Å². The van der Waals surface area contributed by atoms with Gasteiger partial charge >= 0.3 is 0 Å². The summed E-state index contributed by atoms with van der Waals surface area (Å²) in [6, 6.07) is 17.7. The fraction of sp³-hybridized carbons (Fsp3) is 0.568. The summed E-state index contributed by atoms with van der Waals surface area (Å²) in [5.41, 5.74) is 1.91. The Morgan fingerprint density at radius 1 is 0.674 bits per heavy atom. The van der Waals surface area contributed by atoms with Gasteiger partial charge in [-0.3, -0.25) is 0 Å². The molecule has 0 amide bonds. The summed E-state index contributed by atoms with van der Waals surface area (Å²) in [5.74, 6) is 3.79. The summed E-state index contributed by atoms with van der Waals surface area (Å²) in [5, 5.41) is 9.80. The molecule has 0 bridgehead atoms. The summed E-state index contributed by atoms with van der Waals surface area (Å²) in [4.78, 5) is 0. The Hall–Kier alpha value is -2.96. The quantitative estimate of drug-likeness (QED) is 0.183. The van der Waals surface area contributed by atoms with Gasteiger partial charge in [-0.25, -0.2) is 0 Å². The van der Waals surface area contributed by atoms with Gasteiger partial charge in [0.25, 0.3) is 0 Å². The molecule has 0 unspecified atom stereocenters. The van der Waals surface area contributed by atoms with Crippen molar-refractivity contribution in [2.45, 2.75) is 135 Å². The van der Waals surface area contributed by atoms with E-state index in [9.17, 15) is 0 Å². The van der Waals surface area contributed by atoms with Crippen LogP contribution in [0.3, 0.4) is 0 Å². The van der Waals surface area contributed by atoms with Gasteiger partial charge < -0.3 is 28.9 Å². The van der Waals surface area contributed by atoms with Crippen LogP contribution in [0.15, 0.2) is 57.4 Å². The van der Waals surface area contributed by atoms with Gasteiger partial charge in [0.2, 0.25) is 0 Å². The summed E-state index contributed by atoms with van der Waals surface area (Å²) in [6.45, 7) is 17.8. The number of furan rings is 2. The number of nitrogens with one attached hydrogen (secondary N) is 2. The van der Waals surface area contributed by atoms with Gasteiger partial charge in [-0.05, 0) is 123 Å². The number of rotatable bonds is 11. The van der Waals surface area contributed by atoms with E-state index in [1.54, 1.807) is 0 Å². The minimum atomic E-state index is -0.0765.